The summed E-state index contributed by atoms with van der Waals surface area (Å²) in [6.45, 7) is 5.76. The van der Waals surface area contributed by atoms with Crippen LogP contribution < -0.4 is 10.2 Å². The molecule has 6 heteroatoms. The van der Waals surface area contributed by atoms with Gasteiger partial charge in [-0.05, 0) is 81.1 Å². The lowest BCUT2D eigenvalue weighted by molar-refractivity contribution is 0.0698. The smallest absolute Gasteiger partial charge is 0.379 e. The molecule has 0 spiro atoms. The molecule has 0 radical (unpaired) electrons. The maximum atomic E-state index is 13.1. The van der Waals surface area contributed by atoms with Gasteiger partial charge in [0.2, 0.25) is 5.76 Å². The largest absolute Gasteiger partial charge is 0.453 e. The molecule has 1 aliphatic carbocycles. The zero-order valence-electron chi connectivity index (χ0n) is 17.2. The minimum Gasteiger partial charge on any atom is -0.453 e. The predicted octanol–water partition coefficient (Wildman–Crippen LogP) is 5.72. The van der Waals surface area contributed by atoms with E-state index in [2.05, 4.69) is 10.5 Å². The van der Waals surface area contributed by atoms with Crippen LogP contribution in [0, 0.1) is 26.6 Å². The van der Waals surface area contributed by atoms with Crippen molar-refractivity contribution in [3.63, 3.8) is 0 Å². The number of anilines is 1. The molecule has 1 aliphatic rings. The minimum absolute atomic E-state index is 0.204. The predicted molar refractivity (Wildman–Crippen MR) is 114 cm³/mol. The highest BCUT2D eigenvalue weighted by Crippen LogP contribution is 2.31. The Bertz CT molecular complexity index is 1110. The van der Waals surface area contributed by atoms with Gasteiger partial charge in [0, 0.05) is 17.5 Å². The van der Waals surface area contributed by atoms with E-state index in [4.69, 9.17) is 9.15 Å². The quantitative estimate of drug-likeness (QED) is 0.342. The second kappa shape index (κ2) is 8.14. The van der Waals surface area contributed by atoms with Gasteiger partial charge in [-0.3, -0.25) is 5.43 Å². The second-order valence-electron chi connectivity index (χ2n) is 7.60. The molecule has 4 rings (SSSR count). The Morgan fingerprint density at radius 1 is 1.07 bits per heavy atom. The fourth-order valence-electron chi connectivity index (χ4n) is 3.78. The van der Waals surface area contributed by atoms with Crippen molar-refractivity contribution in [1.29, 1.82) is 0 Å². The van der Waals surface area contributed by atoms with Gasteiger partial charge in [-0.1, -0.05) is 6.07 Å². The summed E-state index contributed by atoms with van der Waals surface area (Å²) in [4.78, 5) is 12.8. The number of hydrazone groups is 1. The minimum atomic E-state index is -0.516. The normalized spacial score (nSPS) is 14.5. The number of fused-ring (bicyclic) bond motifs is 1. The van der Waals surface area contributed by atoms with Crippen LogP contribution in [-0.2, 0) is 6.42 Å². The first-order valence-corrected chi connectivity index (χ1v) is 9.92. The van der Waals surface area contributed by atoms with E-state index in [9.17, 15) is 9.18 Å². The first-order chi connectivity index (χ1) is 14.4. The monoisotopic (exact) mass is 406 g/mol. The van der Waals surface area contributed by atoms with Crippen LogP contribution in [0.2, 0.25) is 0 Å². The van der Waals surface area contributed by atoms with E-state index >= 15 is 0 Å². The number of carbonyl (C=O) groups excluding carboxylic acids is 1. The topological polar surface area (TPSA) is 63.8 Å². The third-order valence-electron chi connectivity index (χ3n) is 5.08. The van der Waals surface area contributed by atoms with Crippen LogP contribution in [0.5, 0.6) is 5.75 Å². The second-order valence-corrected chi connectivity index (χ2v) is 7.60. The number of halogens is 1. The number of benzene rings is 2. The van der Waals surface area contributed by atoms with Crippen molar-refractivity contribution in [3.8, 4) is 5.75 Å². The van der Waals surface area contributed by atoms with Crippen LogP contribution in [0.4, 0.5) is 10.1 Å². The van der Waals surface area contributed by atoms with Crippen LogP contribution >= 0.6 is 0 Å². The number of hydrogen-bond acceptors (Lipinski definition) is 5. The molecule has 0 unspecified atom stereocenters. The molecule has 154 valence electrons. The van der Waals surface area contributed by atoms with Gasteiger partial charge in [0.15, 0.2) is 0 Å². The number of nitrogens with zero attached hydrogens (tertiary/aromatic N) is 1. The van der Waals surface area contributed by atoms with Crippen LogP contribution in [0.3, 0.4) is 0 Å². The first-order valence-electron chi connectivity index (χ1n) is 9.92. The molecule has 5 nitrogen and oxygen atoms in total. The van der Waals surface area contributed by atoms with Crippen molar-refractivity contribution in [3.05, 3.63) is 82.1 Å². The molecule has 1 aromatic heterocycles. The maximum Gasteiger partial charge on any atom is 0.379 e. The number of furan rings is 1. The average Bonchev–Trinajstić information content (AvgIpc) is 3.04. The van der Waals surface area contributed by atoms with Crippen molar-refractivity contribution in [2.75, 3.05) is 5.43 Å². The highest BCUT2D eigenvalue weighted by atomic mass is 19.1. The van der Waals surface area contributed by atoms with Gasteiger partial charge in [-0.15, -0.1) is 0 Å². The summed E-state index contributed by atoms with van der Waals surface area (Å²) in [6.07, 6.45) is 2.37. The van der Waals surface area contributed by atoms with E-state index in [1.54, 1.807) is 12.1 Å². The fraction of sp³-hybridized carbons (Fsp3) is 0.250. The lowest BCUT2D eigenvalue weighted by Crippen LogP contribution is -2.13. The highest BCUT2D eigenvalue weighted by Gasteiger charge is 2.29. The Hall–Kier alpha value is -3.41. The standard InChI is InChI=1S/C24H23FN2O3/c1-14-11-15(2)13-19(12-14)29-24(28)23-16(3)22-20(5-4-6-21(22)30-23)27-26-18-9-7-17(25)8-10-18/h7-13,26H,4-6H2,1-3H3/b27-20+. The molecule has 0 bridgehead atoms. The van der Waals surface area contributed by atoms with Gasteiger partial charge in [-0.25, -0.2) is 9.18 Å². The summed E-state index contributed by atoms with van der Waals surface area (Å²) < 4.78 is 24.6. The Kier molecular flexibility index (Phi) is 5.40. The van der Waals surface area contributed by atoms with Crippen LogP contribution in [0.25, 0.3) is 0 Å². The van der Waals surface area contributed by atoms with E-state index in [1.165, 1.54) is 12.1 Å². The molecule has 0 amide bonds. The Morgan fingerprint density at radius 3 is 2.47 bits per heavy atom. The van der Waals surface area contributed by atoms with Gasteiger partial charge in [0.1, 0.15) is 17.3 Å². The number of carbonyl (C=O) groups is 1. The Labute approximate surface area is 174 Å². The van der Waals surface area contributed by atoms with Crippen molar-refractivity contribution in [2.24, 2.45) is 5.10 Å². The summed E-state index contributed by atoms with van der Waals surface area (Å²) in [5, 5.41) is 4.50. The molecule has 0 fully saturated rings. The number of esters is 1. The molecule has 2 aromatic carbocycles. The van der Waals surface area contributed by atoms with E-state index < -0.39 is 5.97 Å². The number of aryl methyl sites for hydroxylation is 3. The zero-order valence-corrected chi connectivity index (χ0v) is 17.2. The zero-order chi connectivity index (χ0) is 21.3. The van der Waals surface area contributed by atoms with E-state index in [1.807, 2.05) is 39.0 Å². The van der Waals surface area contributed by atoms with E-state index in [-0.39, 0.29) is 11.6 Å². The number of rotatable bonds is 4. The lowest BCUT2D eigenvalue weighted by Gasteiger charge is -2.13. The molecule has 1 heterocycles. The molecular weight excluding hydrogens is 383 g/mol. The summed E-state index contributed by atoms with van der Waals surface area (Å²) in [6, 6.07) is 11.7. The summed E-state index contributed by atoms with van der Waals surface area (Å²) in [7, 11) is 0. The van der Waals surface area contributed by atoms with E-state index in [0.29, 0.717) is 11.4 Å². The van der Waals surface area contributed by atoms with Gasteiger partial charge < -0.3 is 9.15 Å². The lowest BCUT2D eigenvalue weighted by atomic mass is 9.93. The third kappa shape index (κ3) is 4.13. The van der Waals surface area contributed by atoms with Crippen molar-refractivity contribution < 1.29 is 18.3 Å². The van der Waals surface area contributed by atoms with E-state index in [0.717, 1.165) is 53.0 Å². The van der Waals surface area contributed by atoms with Crippen molar-refractivity contribution >= 4 is 17.4 Å². The summed E-state index contributed by atoms with van der Waals surface area (Å²) >= 11 is 0. The van der Waals surface area contributed by atoms with Gasteiger partial charge >= 0.3 is 5.97 Å². The highest BCUT2D eigenvalue weighted by molar-refractivity contribution is 6.06. The molecule has 0 saturated carbocycles. The molecule has 30 heavy (non-hydrogen) atoms. The number of hydrogen-bond donors (Lipinski definition) is 1. The molecule has 0 atom stereocenters. The molecule has 1 N–H and O–H groups in total. The Balaban J connectivity index is 1.59. The maximum absolute atomic E-state index is 13.1. The third-order valence-corrected chi connectivity index (χ3v) is 5.08. The Morgan fingerprint density at radius 2 is 1.77 bits per heavy atom. The van der Waals surface area contributed by atoms with Crippen molar-refractivity contribution in [2.45, 2.75) is 40.0 Å². The first kappa shape index (κ1) is 19.9. The molecule has 3 aromatic rings. The molecular formula is C24H23FN2O3. The van der Waals surface area contributed by atoms with Crippen LogP contribution in [0.15, 0.2) is 52.0 Å². The molecule has 0 aliphatic heterocycles. The average molecular weight is 406 g/mol. The van der Waals surface area contributed by atoms with Crippen LogP contribution in [-0.4, -0.2) is 11.7 Å². The van der Waals surface area contributed by atoms with Gasteiger partial charge in [-0.2, -0.15) is 5.10 Å². The molecule has 0 saturated heterocycles. The van der Waals surface area contributed by atoms with Crippen molar-refractivity contribution in [1.82, 2.24) is 0 Å². The SMILES string of the molecule is Cc1cc(C)cc(OC(=O)c2oc3c(c2C)/C(=N/Nc2ccc(F)cc2)CCC3)c1. The number of ether oxygens (including phenoxy) is 1. The van der Waals surface area contributed by atoms with Gasteiger partial charge in [0.25, 0.3) is 0 Å². The number of nitrogens with one attached hydrogen (secondary N) is 1. The van der Waals surface area contributed by atoms with Gasteiger partial charge in [0.05, 0.1) is 11.4 Å². The van der Waals surface area contributed by atoms with Crippen LogP contribution in [0.1, 0.15) is 51.4 Å². The fourth-order valence-corrected chi connectivity index (χ4v) is 3.78. The summed E-state index contributed by atoms with van der Waals surface area (Å²) in [5.41, 5.74) is 8.08. The summed E-state index contributed by atoms with van der Waals surface area (Å²) in [5.74, 6) is 0.628.